The molecule has 0 saturated heterocycles. The van der Waals surface area contributed by atoms with Gasteiger partial charge in [-0.25, -0.2) is 4.79 Å². The van der Waals surface area contributed by atoms with E-state index in [-0.39, 0.29) is 31.8 Å². The van der Waals surface area contributed by atoms with Crippen molar-refractivity contribution >= 4 is 64.1 Å². The van der Waals surface area contributed by atoms with Gasteiger partial charge in [0, 0.05) is 23.6 Å². The number of hydrogen-bond donors (Lipinski definition) is 8. The van der Waals surface area contributed by atoms with Crippen molar-refractivity contribution in [2.75, 3.05) is 30.6 Å². The van der Waals surface area contributed by atoms with E-state index in [1.54, 1.807) is 0 Å². The number of nitrogens with zero attached hydrogens (tertiary/aromatic N) is 1. The molecule has 4 unspecified atom stereocenters. The molecule has 0 aliphatic rings. The van der Waals surface area contributed by atoms with E-state index in [1.165, 1.54) is 23.5 Å². The smallest absolute Gasteiger partial charge is 0.326 e. The number of rotatable bonds is 19. The van der Waals surface area contributed by atoms with Crippen molar-refractivity contribution in [3.05, 3.63) is 36.0 Å². The van der Waals surface area contributed by atoms with Crippen LogP contribution in [0.25, 0.3) is 10.9 Å². The molecule has 2 aromatic rings. The van der Waals surface area contributed by atoms with Gasteiger partial charge in [0.15, 0.2) is 5.96 Å². The molecule has 1 aromatic heterocycles. The number of para-hydroxylation sites is 1. The number of fused-ring (bicyclic) bond motifs is 1. The van der Waals surface area contributed by atoms with E-state index in [9.17, 15) is 24.3 Å². The van der Waals surface area contributed by atoms with Gasteiger partial charge >= 0.3 is 5.97 Å². The summed E-state index contributed by atoms with van der Waals surface area (Å²) in [5.74, 6) is -1.90. The molecule has 42 heavy (non-hydrogen) atoms. The highest BCUT2D eigenvalue weighted by molar-refractivity contribution is 7.98. The number of carboxylic acid groups (broad SMARTS) is 1. The largest absolute Gasteiger partial charge is 0.480 e. The van der Waals surface area contributed by atoms with Gasteiger partial charge in [0.05, 0.1) is 6.04 Å². The van der Waals surface area contributed by atoms with E-state index in [0.717, 1.165) is 16.5 Å². The molecule has 0 fully saturated rings. The number of hydrogen-bond acceptors (Lipinski definition) is 8. The fraction of sp³-hybridized carbons (Fsp3) is 0.519. The lowest BCUT2D eigenvalue weighted by Crippen LogP contribution is -2.57. The zero-order chi connectivity index (χ0) is 31.1. The Labute approximate surface area is 254 Å². The first kappa shape index (κ1) is 34.8. The molecule has 232 valence electrons. The molecule has 1 heterocycles. The fourth-order valence-corrected chi connectivity index (χ4v) is 5.17. The maximum absolute atomic E-state index is 13.4. The maximum atomic E-state index is 13.4. The summed E-state index contributed by atoms with van der Waals surface area (Å²) in [6.45, 7) is 0.214. The minimum Gasteiger partial charge on any atom is -0.480 e. The molecule has 0 aliphatic heterocycles. The van der Waals surface area contributed by atoms with Gasteiger partial charge in [-0.3, -0.25) is 19.4 Å². The lowest BCUT2D eigenvalue weighted by molar-refractivity contribution is -0.142. The van der Waals surface area contributed by atoms with Crippen LogP contribution < -0.4 is 33.2 Å². The summed E-state index contributed by atoms with van der Waals surface area (Å²) in [5.41, 5.74) is 18.8. The number of thioether (sulfide) groups is 2. The van der Waals surface area contributed by atoms with Crippen molar-refractivity contribution in [3.63, 3.8) is 0 Å². The molecule has 0 radical (unpaired) electrons. The normalized spacial score (nSPS) is 13.9. The third-order valence-corrected chi connectivity index (χ3v) is 7.79. The van der Waals surface area contributed by atoms with Gasteiger partial charge in [0.25, 0.3) is 0 Å². The lowest BCUT2D eigenvalue weighted by Gasteiger charge is -2.25. The predicted octanol–water partition coefficient (Wildman–Crippen LogP) is 0.137. The number of H-pyrrole nitrogens is 1. The first-order valence-electron chi connectivity index (χ1n) is 13.5. The first-order valence-corrected chi connectivity index (χ1v) is 16.3. The molecule has 0 bridgehead atoms. The van der Waals surface area contributed by atoms with E-state index in [0.29, 0.717) is 24.3 Å². The highest BCUT2D eigenvalue weighted by atomic mass is 32.2. The van der Waals surface area contributed by atoms with Crippen LogP contribution in [0.1, 0.15) is 31.2 Å². The summed E-state index contributed by atoms with van der Waals surface area (Å²) in [7, 11) is 0. The fourth-order valence-electron chi connectivity index (χ4n) is 4.22. The second kappa shape index (κ2) is 18.2. The zero-order valence-electron chi connectivity index (χ0n) is 23.9. The average molecular weight is 623 g/mol. The number of guanidine groups is 1. The molecule has 0 saturated carbocycles. The van der Waals surface area contributed by atoms with Crippen LogP contribution in [0.3, 0.4) is 0 Å². The van der Waals surface area contributed by atoms with Gasteiger partial charge in [-0.15, -0.1) is 0 Å². The van der Waals surface area contributed by atoms with Gasteiger partial charge < -0.3 is 43.2 Å². The molecule has 0 aliphatic carbocycles. The highest BCUT2D eigenvalue weighted by Crippen LogP contribution is 2.19. The van der Waals surface area contributed by atoms with Crippen LogP contribution in [0, 0.1) is 0 Å². The van der Waals surface area contributed by atoms with E-state index >= 15 is 0 Å². The number of aromatic amines is 1. The second-order valence-corrected chi connectivity index (χ2v) is 11.7. The zero-order valence-corrected chi connectivity index (χ0v) is 25.6. The van der Waals surface area contributed by atoms with Crippen LogP contribution in [0.2, 0.25) is 0 Å². The molecule has 0 spiro atoms. The van der Waals surface area contributed by atoms with Crippen LogP contribution in [0.4, 0.5) is 0 Å². The summed E-state index contributed by atoms with van der Waals surface area (Å²) in [6.07, 6.45) is 6.79. The van der Waals surface area contributed by atoms with Crippen LogP contribution >= 0.6 is 23.5 Å². The topological polar surface area (TPSA) is 231 Å². The third-order valence-electron chi connectivity index (χ3n) is 6.50. The Morgan fingerprint density at radius 1 is 0.905 bits per heavy atom. The summed E-state index contributed by atoms with van der Waals surface area (Å²) in [4.78, 5) is 58.4. The Morgan fingerprint density at radius 2 is 1.48 bits per heavy atom. The van der Waals surface area contributed by atoms with E-state index in [1.807, 2.05) is 43.0 Å². The number of carbonyl (C=O) groups is 4. The van der Waals surface area contributed by atoms with Gasteiger partial charge in [-0.2, -0.15) is 23.5 Å². The minimum atomic E-state index is -1.17. The maximum Gasteiger partial charge on any atom is 0.326 e. The van der Waals surface area contributed by atoms with Crippen molar-refractivity contribution in [2.24, 2.45) is 22.2 Å². The van der Waals surface area contributed by atoms with E-state index < -0.39 is 47.9 Å². The van der Waals surface area contributed by atoms with Gasteiger partial charge in [0.1, 0.15) is 18.1 Å². The Morgan fingerprint density at radius 3 is 2.10 bits per heavy atom. The third kappa shape index (κ3) is 11.4. The van der Waals surface area contributed by atoms with Gasteiger partial charge in [-0.05, 0) is 67.8 Å². The number of benzene rings is 1. The molecular formula is C27H42N8O5S2. The number of amides is 3. The monoisotopic (exact) mass is 622 g/mol. The van der Waals surface area contributed by atoms with Crippen LogP contribution in [-0.2, 0) is 25.6 Å². The van der Waals surface area contributed by atoms with Crippen molar-refractivity contribution in [2.45, 2.75) is 56.3 Å². The average Bonchev–Trinajstić information content (AvgIpc) is 3.36. The number of nitrogens with one attached hydrogen (secondary N) is 4. The molecule has 15 heteroatoms. The number of nitrogens with two attached hydrogens (primary N) is 3. The Bertz CT molecular complexity index is 1220. The van der Waals surface area contributed by atoms with Crippen molar-refractivity contribution in [3.8, 4) is 0 Å². The van der Waals surface area contributed by atoms with Gasteiger partial charge in [-0.1, -0.05) is 18.2 Å². The first-order chi connectivity index (χ1) is 20.1. The molecule has 11 N–H and O–H groups in total. The highest BCUT2D eigenvalue weighted by Gasteiger charge is 2.30. The minimum absolute atomic E-state index is 0.105. The SMILES string of the molecule is CSCCC(NC(=O)C(CCCN=C(N)N)NC(=O)C(CCSC)NC(=O)C(N)Cc1c[nH]c2ccccc12)C(=O)O. The molecular weight excluding hydrogens is 580 g/mol. The number of aromatic nitrogens is 1. The van der Waals surface area contributed by atoms with Crippen molar-refractivity contribution in [1.29, 1.82) is 0 Å². The Balaban J connectivity index is 2.14. The predicted molar refractivity (Wildman–Crippen MR) is 169 cm³/mol. The summed E-state index contributed by atoms with van der Waals surface area (Å²) in [6, 6.07) is 3.62. The standard InChI is InChI=1S/C27H42N8O5S2/c1-41-12-9-21(33-23(36)18(28)14-16-15-32-19-7-4-3-6-17(16)19)25(38)34-20(8-5-11-31-27(29)30)24(37)35-22(26(39)40)10-13-42-2/h3-4,6-7,15,18,20-22,32H,5,8-14,28H2,1-2H3,(H,33,36)(H,34,38)(H,35,37)(H,39,40)(H4,29,30,31). The Hall–Kier alpha value is -3.43. The van der Waals surface area contributed by atoms with Crippen molar-refractivity contribution in [1.82, 2.24) is 20.9 Å². The molecule has 13 nitrogen and oxygen atoms in total. The summed E-state index contributed by atoms with van der Waals surface area (Å²) >= 11 is 2.96. The van der Waals surface area contributed by atoms with E-state index in [2.05, 4.69) is 25.9 Å². The second-order valence-electron chi connectivity index (χ2n) is 9.70. The van der Waals surface area contributed by atoms with Crippen molar-refractivity contribution < 1.29 is 24.3 Å². The van der Waals surface area contributed by atoms with Crippen LogP contribution in [0.5, 0.6) is 0 Å². The summed E-state index contributed by atoms with van der Waals surface area (Å²) in [5, 5.41) is 18.5. The summed E-state index contributed by atoms with van der Waals surface area (Å²) < 4.78 is 0. The van der Waals surface area contributed by atoms with Crippen LogP contribution in [-0.4, -0.2) is 94.5 Å². The Kier molecular flexibility index (Phi) is 15.1. The number of aliphatic imine (C=N–C) groups is 1. The lowest BCUT2D eigenvalue weighted by atomic mass is 10.0. The number of carbonyl (C=O) groups excluding carboxylic acids is 3. The molecule has 4 atom stereocenters. The number of carboxylic acids is 1. The number of aliphatic carboxylic acids is 1. The van der Waals surface area contributed by atoms with Crippen LogP contribution in [0.15, 0.2) is 35.5 Å². The van der Waals surface area contributed by atoms with Gasteiger partial charge in [0.2, 0.25) is 17.7 Å². The van der Waals surface area contributed by atoms with E-state index in [4.69, 9.17) is 17.2 Å². The molecule has 1 aromatic carbocycles. The quantitative estimate of drug-likeness (QED) is 0.0600. The molecule has 2 rings (SSSR count). The molecule has 3 amide bonds.